The first-order chi connectivity index (χ1) is 4.55. The van der Waals surface area contributed by atoms with Crippen LogP contribution in [0.4, 0.5) is 0 Å². The van der Waals surface area contributed by atoms with Crippen LogP contribution in [-0.4, -0.2) is 18.5 Å². The van der Waals surface area contributed by atoms with Crippen molar-refractivity contribution in [2.24, 2.45) is 5.41 Å². The molecule has 2 N–H and O–H groups in total. The predicted octanol–water partition coefficient (Wildman–Crippen LogP) is -0.784. The van der Waals surface area contributed by atoms with Gasteiger partial charge in [-0.3, -0.25) is 9.59 Å². The minimum atomic E-state index is -0.905. The molecular weight excluding hydrogens is 132 g/mol. The molecule has 4 heteroatoms. The highest BCUT2D eigenvalue weighted by Gasteiger charge is 2.38. The number of carbonyl (C=O) groups excluding carboxylic acids is 2. The summed E-state index contributed by atoms with van der Waals surface area (Å²) < 4.78 is 0. The number of carbonyl (C=O) groups is 2. The number of hydrogen-bond acceptors (Lipinski definition) is 2. The van der Waals surface area contributed by atoms with E-state index >= 15 is 0 Å². The lowest BCUT2D eigenvalue weighted by Crippen LogP contribution is -2.57. The summed E-state index contributed by atoms with van der Waals surface area (Å²) in [7, 11) is 0. The van der Waals surface area contributed by atoms with Gasteiger partial charge in [-0.25, -0.2) is 0 Å². The van der Waals surface area contributed by atoms with Crippen molar-refractivity contribution in [1.29, 1.82) is 0 Å². The van der Waals surface area contributed by atoms with Crippen molar-refractivity contribution in [2.45, 2.75) is 13.8 Å². The third-order valence-corrected chi connectivity index (χ3v) is 1.63. The molecule has 1 aliphatic heterocycles. The maximum Gasteiger partial charge on any atom is 0.236 e. The van der Waals surface area contributed by atoms with Crippen molar-refractivity contribution >= 4 is 11.8 Å². The van der Waals surface area contributed by atoms with Crippen LogP contribution in [0.2, 0.25) is 0 Å². The highest BCUT2D eigenvalue weighted by Crippen LogP contribution is 2.16. The minimum absolute atomic E-state index is 0.212. The van der Waals surface area contributed by atoms with Crippen LogP contribution in [0.25, 0.3) is 0 Å². The van der Waals surface area contributed by atoms with Crippen LogP contribution in [0.3, 0.4) is 0 Å². The molecule has 0 atom stereocenters. The summed E-state index contributed by atoms with van der Waals surface area (Å²) in [5.74, 6) is -0.424. The number of hydrogen-bond donors (Lipinski definition) is 2. The second-order valence-electron chi connectivity index (χ2n) is 2.81. The van der Waals surface area contributed by atoms with Crippen molar-refractivity contribution in [3.63, 3.8) is 0 Å². The van der Waals surface area contributed by atoms with Gasteiger partial charge >= 0.3 is 0 Å². The van der Waals surface area contributed by atoms with E-state index < -0.39 is 5.41 Å². The third-order valence-electron chi connectivity index (χ3n) is 1.63. The SMILES string of the molecule is CC1(C)C(=O)NCNC1=O. The van der Waals surface area contributed by atoms with Crippen molar-refractivity contribution in [3.8, 4) is 0 Å². The molecule has 10 heavy (non-hydrogen) atoms. The normalized spacial score (nSPS) is 23.4. The minimum Gasteiger partial charge on any atom is -0.338 e. The lowest BCUT2D eigenvalue weighted by atomic mass is 9.90. The standard InChI is InChI=1S/C6H10N2O2/c1-6(2)4(9)7-3-8-5(6)10/h3H2,1-2H3,(H,7,9)(H,8,10). The van der Waals surface area contributed by atoms with E-state index in [1.807, 2.05) is 0 Å². The topological polar surface area (TPSA) is 58.2 Å². The molecule has 1 aliphatic rings. The molecule has 1 heterocycles. The van der Waals surface area contributed by atoms with Gasteiger partial charge < -0.3 is 10.6 Å². The molecule has 0 bridgehead atoms. The smallest absolute Gasteiger partial charge is 0.236 e. The van der Waals surface area contributed by atoms with Crippen LogP contribution >= 0.6 is 0 Å². The summed E-state index contributed by atoms with van der Waals surface area (Å²) in [5, 5.41) is 5.06. The average Bonchev–Trinajstić information content (AvgIpc) is 1.84. The van der Waals surface area contributed by atoms with Gasteiger partial charge in [0.15, 0.2) is 0 Å². The molecule has 0 spiro atoms. The molecule has 0 aromatic rings. The van der Waals surface area contributed by atoms with Crippen molar-refractivity contribution in [2.75, 3.05) is 6.67 Å². The van der Waals surface area contributed by atoms with E-state index in [9.17, 15) is 9.59 Å². The predicted molar refractivity (Wildman–Crippen MR) is 34.9 cm³/mol. The Kier molecular flexibility index (Phi) is 1.39. The van der Waals surface area contributed by atoms with Gasteiger partial charge in [0.1, 0.15) is 5.41 Å². The maximum atomic E-state index is 11.0. The second kappa shape index (κ2) is 1.97. The van der Waals surface area contributed by atoms with E-state index in [0.717, 1.165) is 0 Å². The molecule has 0 aromatic heterocycles. The summed E-state index contributed by atoms with van der Waals surface area (Å²) >= 11 is 0. The van der Waals surface area contributed by atoms with Crippen LogP contribution in [0.1, 0.15) is 13.8 Å². The van der Waals surface area contributed by atoms with Gasteiger partial charge in [0.25, 0.3) is 0 Å². The Hall–Kier alpha value is -1.06. The van der Waals surface area contributed by atoms with E-state index in [2.05, 4.69) is 10.6 Å². The Bertz CT molecular complexity index is 168. The molecule has 2 amide bonds. The second-order valence-corrected chi connectivity index (χ2v) is 2.81. The highest BCUT2D eigenvalue weighted by molar-refractivity contribution is 6.05. The summed E-state index contributed by atoms with van der Waals surface area (Å²) in [6.45, 7) is 3.44. The maximum absolute atomic E-state index is 11.0. The molecule has 4 nitrogen and oxygen atoms in total. The lowest BCUT2D eigenvalue weighted by molar-refractivity contribution is -0.144. The van der Waals surface area contributed by atoms with E-state index in [-0.39, 0.29) is 18.5 Å². The van der Waals surface area contributed by atoms with Crippen LogP contribution < -0.4 is 10.6 Å². The van der Waals surface area contributed by atoms with Gasteiger partial charge in [-0.05, 0) is 13.8 Å². The highest BCUT2D eigenvalue weighted by atomic mass is 16.2. The summed E-state index contributed by atoms with van der Waals surface area (Å²) in [6.07, 6.45) is 0. The number of nitrogens with one attached hydrogen (secondary N) is 2. The lowest BCUT2D eigenvalue weighted by Gasteiger charge is -2.27. The molecule has 56 valence electrons. The van der Waals surface area contributed by atoms with E-state index in [4.69, 9.17) is 0 Å². The largest absolute Gasteiger partial charge is 0.338 e. The van der Waals surface area contributed by atoms with Crippen molar-refractivity contribution in [1.82, 2.24) is 10.6 Å². The zero-order chi connectivity index (χ0) is 7.78. The van der Waals surface area contributed by atoms with Gasteiger partial charge in [0, 0.05) is 0 Å². The monoisotopic (exact) mass is 142 g/mol. The molecule has 1 fully saturated rings. The quantitative estimate of drug-likeness (QED) is 0.436. The first-order valence-electron chi connectivity index (χ1n) is 3.12. The van der Waals surface area contributed by atoms with E-state index in [0.29, 0.717) is 0 Å². The fourth-order valence-corrected chi connectivity index (χ4v) is 0.750. The summed E-state index contributed by atoms with van der Waals surface area (Å²) in [4.78, 5) is 21.9. The summed E-state index contributed by atoms with van der Waals surface area (Å²) in [5.41, 5.74) is -0.905. The van der Waals surface area contributed by atoms with Crippen molar-refractivity contribution in [3.05, 3.63) is 0 Å². The van der Waals surface area contributed by atoms with Gasteiger partial charge in [-0.1, -0.05) is 0 Å². The molecule has 1 saturated heterocycles. The number of rotatable bonds is 0. The summed E-state index contributed by atoms with van der Waals surface area (Å²) in [6, 6.07) is 0. The molecule has 0 unspecified atom stereocenters. The van der Waals surface area contributed by atoms with E-state index in [1.54, 1.807) is 13.8 Å². The zero-order valence-electron chi connectivity index (χ0n) is 6.02. The molecule has 0 saturated carbocycles. The van der Waals surface area contributed by atoms with Gasteiger partial charge in [-0.15, -0.1) is 0 Å². The third kappa shape index (κ3) is 0.853. The molecular formula is C6H10N2O2. The number of amides is 2. The van der Waals surface area contributed by atoms with E-state index in [1.165, 1.54) is 0 Å². The molecule has 1 rings (SSSR count). The van der Waals surface area contributed by atoms with Gasteiger partial charge in [0.05, 0.1) is 6.67 Å². The van der Waals surface area contributed by atoms with Crippen molar-refractivity contribution < 1.29 is 9.59 Å². The van der Waals surface area contributed by atoms with Gasteiger partial charge in [-0.2, -0.15) is 0 Å². The zero-order valence-corrected chi connectivity index (χ0v) is 6.02. The Labute approximate surface area is 59.0 Å². The first kappa shape index (κ1) is 7.05. The Balaban J connectivity index is 2.83. The van der Waals surface area contributed by atoms with Crippen LogP contribution in [0.15, 0.2) is 0 Å². The fourth-order valence-electron chi connectivity index (χ4n) is 0.750. The van der Waals surface area contributed by atoms with Gasteiger partial charge in [0.2, 0.25) is 11.8 Å². The van der Waals surface area contributed by atoms with Crippen LogP contribution in [0.5, 0.6) is 0 Å². The Morgan fingerprint density at radius 1 is 1.20 bits per heavy atom. The first-order valence-corrected chi connectivity index (χ1v) is 3.12. The molecule has 0 radical (unpaired) electrons. The van der Waals surface area contributed by atoms with Crippen LogP contribution in [0, 0.1) is 5.41 Å². The fraction of sp³-hybridized carbons (Fsp3) is 0.667. The Morgan fingerprint density at radius 2 is 1.60 bits per heavy atom. The molecule has 0 aromatic carbocycles. The average molecular weight is 142 g/mol. The molecule has 0 aliphatic carbocycles. The Morgan fingerprint density at radius 3 is 1.90 bits per heavy atom. The van der Waals surface area contributed by atoms with Crippen LogP contribution in [-0.2, 0) is 9.59 Å².